The summed E-state index contributed by atoms with van der Waals surface area (Å²) in [6, 6.07) is 33.2. The fraction of sp³-hybridized carbons (Fsp3) is 0.0769. The molecule has 0 saturated heterocycles. The van der Waals surface area contributed by atoms with Gasteiger partial charge in [-0.05, 0) is 46.5 Å². The van der Waals surface area contributed by atoms with Crippen molar-refractivity contribution in [1.29, 1.82) is 0 Å². The Hall–Kier alpha value is -3.52. The van der Waals surface area contributed by atoms with E-state index in [1.807, 2.05) is 48.5 Å². The van der Waals surface area contributed by atoms with Crippen LogP contribution in [-0.4, -0.2) is 0 Å². The zero-order valence-electron chi connectivity index (χ0n) is 16.0. The van der Waals surface area contributed by atoms with Crippen molar-refractivity contribution in [3.8, 4) is 22.3 Å². The fourth-order valence-corrected chi connectivity index (χ4v) is 3.61. The van der Waals surface area contributed by atoms with E-state index in [1.54, 1.807) is 0 Å². The molecule has 0 amide bonds. The van der Waals surface area contributed by atoms with Crippen molar-refractivity contribution in [2.45, 2.75) is 12.8 Å². The second-order valence-corrected chi connectivity index (χ2v) is 7.15. The fourth-order valence-electron chi connectivity index (χ4n) is 3.61. The number of nitrogen functional groups attached to an aromatic ring is 2. The van der Waals surface area contributed by atoms with E-state index >= 15 is 0 Å². The Bertz CT molecular complexity index is 997. The molecule has 0 unspecified atom stereocenters. The van der Waals surface area contributed by atoms with Crippen LogP contribution in [0.5, 0.6) is 0 Å². The van der Waals surface area contributed by atoms with Gasteiger partial charge >= 0.3 is 0 Å². The van der Waals surface area contributed by atoms with E-state index < -0.39 is 0 Å². The van der Waals surface area contributed by atoms with E-state index in [1.165, 1.54) is 11.1 Å². The first-order chi connectivity index (χ1) is 13.6. The predicted octanol–water partition coefficient (Wildman–Crippen LogP) is 6.34. The molecule has 0 spiro atoms. The van der Waals surface area contributed by atoms with Crippen molar-refractivity contribution in [3.63, 3.8) is 0 Å². The van der Waals surface area contributed by atoms with Crippen LogP contribution >= 0.6 is 0 Å². The first-order valence-corrected chi connectivity index (χ1v) is 9.53. The van der Waals surface area contributed by atoms with Gasteiger partial charge < -0.3 is 11.5 Å². The molecule has 2 nitrogen and oxygen atoms in total. The standard InChI is InChI=1S/C26H24N2/c1-18(21-12-14-25(27)23(16-21)19-8-4-2-5-9-19)22-13-15-26(28)24(17-22)20-10-6-3-7-11-20/h2-18H,27-28H2,1H3. The number of rotatable bonds is 4. The van der Waals surface area contributed by atoms with Crippen molar-refractivity contribution in [2.75, 3.05) is 11.5 Å². The highest BCUT2D eigenvalue weighted by atomic mass is 14.6. The highest BCUT2D eigenvalue weighted by molar-refractivity contribution is 5.78. The van der Waals surface area contributed by atoms with Crippen LogP contribution in [0.15, 0.2) is 97.1 Å². The van der Waals surface area contributed by atoms with E-state index in [9.17, 15) is 0 Å². The minimum absolute atomic E-state index is 0.228. The molecular weight excluding hydrogens is 340 g/mol. The van der Waals surface area contributed by atoms with Gasteiger partial charge in [-0.15, -0.1) is 0 Å². The molecule has 0 heterocycles. The van der Waals surface area contributed by atoms with Gasteiger partial charge in [-0.1, -0.05) is 79.7 Å². The predicted molar refractivity (Wildman–Crippen MR) is 120 cm³/mol. The highest BCUT2D eigenvalue weighted by Gasteiger charge is 2.13. The number of hydrogen-bond donors (Lipinski definition) is 2. The molecule has 0 aliphatic rings. The van der Waals surface area contributed by atoms with Gasteiger partial charge in [-0.2, -0.15) is 0 Å². The van der Waals surface area contributed by atoms with Crippen LogP contribution in [0.3, 0.4) is 0 Å². The van der Waals surface area contributed by atoms with Gasteiger partial charge in [0.15, 0.2) is 0 Å². The molecule has 4 aromatic carbocycles. The van der Waals surface area contributed by atoms with Crippen molar-refractivity contribution >= 4 is 11.4 Å². The first-order valence-electron chi connectivity index (χ1n) is 9.53. The second-order valence-electron chi connectivity index (χ2n) is 7.15. The topological polar surface area (TPSA) is 52.0 Å². The molecule has 0 saturated carbocycles. The first kappa shape index (κ1) is 17.9. The molecule has 0 atom stereocenters. The number of hydrogen-bond acceptors (Lipinski definition) is 2. The second kappa shape index (κ2) is 7.61. The van der Waals surface area contributed by atoms with Crippen LogP contribution < -0.4 is 11.5 Å². The highest BCUT2D eigenvalue weighted by Crippen LogP contribution is 2.35. The summed E-state index contributed by atoms with van der Waals surface area (Å²) in [7, 11) is 0. The summed E-state index contributed by atoms with van der Waals surface area (Å²) in [5.41, 5.74) is 21.0. The molecular formula is C26H24N2. The third-order valence-electron chi connectivity index (χ3n) is 5.32. The monoisotopic (exact) mass is 364 g/mol. The van der Waals surface area contributed by atoms with Crippen LogP contribution in [0.2, 0.25) is 0 Å². The Kier molecular flexibility index (Phi) is 4.86. The summed E-state index contributed by atoms with van der Waals surface area (Å²) in [5.74, 6) is 0.228. The molecule has 0 radical (unpaired) electrons. The van der Waals surface area contributed by atoms with E-state index in [-0.39, 0.29) is 5.92 Å². The van der Waals surface area contributed by atoms with Crippen LogP contribution in [0.1, 0.15) is 24.0 Å². The number of nitrogens with two attached hydrogens (primary N) is 2. The molecule has 4 aromatic rings. The molecule has 0 aliphatic heterocycles. The van der Waals surface area contributed by atoms with E-state index in [2.05, 4.69) is 55.5 Å². The van der Waals surface area contributed by atoms with E-state index in [0.717, 1.165) is 33.6 Å². The van der Waals surface area contributed by atoms with Gasteiger partial charge in [0.05, 0.1) is 0 Å². The Morgan fingerprint density at radius 3 is 1.32 bits per heavy atom. The van der Waals surface area contributed by atoms with Crippen molar-refractivity contribution < 1.29 is 0 Å². The average Bonchev–Trinajstić information content (AvgIpc) is 2.75. The van der Waals surface area contributed by atoms with Crippen molar-refractivity contribution in [3.05, 3.63) is 108 Å². The maximum absolute atomic E-state index is 6.26. The lowest BCUT2D eigenvalue weighted by atomic mass is 9.88. The van der Waals surface area contributed by atoms with Gasteiger partial charge in [0.2, 0.25) is 0 Å². The van der Waals surface area contributed by atoms with Crippen molar-refractivity contribution in [2.24, 2.45) is 0 Å². The van der Waals surface area contributed by atoms with Gasteiger partial charge in [-0.25, -0.2) is 0 Å². The molecule has 0 fully saturated rings. The lowest BCUT2D eigenvalue weighted by molar-refractivity contribution is 0.924. The Morgan fingerprint density at radius 1 is 0.536 bits per heavy atom. The molecule has 4 N–H and O–H groups in total. The molecule has 2 heteroatoms. The summed E-state index contributed by atoms with van der Waals surface area (Å²) >= 11 is 0. The quantitative estimate of drug-likeness (QED) is 0.415. The summed E-state index contributed by atoms with van der Waals surface area (Å²) in [4.78, 5) is 0. The lowest BCUT2D eigenvalue weighted by Gasteiger charge is -2.17. The molecule has 4 rings (SSSR count). The van der Waals surface area contributed by atoms with Crippen LogP contribution in [0.4, 0.5) is 11.4 Å². The Labute approximate surface area is 166 Å². The maximum Gasteiger partial charge on any atom is 0.0393 e. The van der Waals surface area contributed by atoms with Crippen LogP contribution in [-0.2, 0) is 0 Å². The lowest BCUT2D eigenvalue weighted by Crippen LogP contribution is -2.00. The number of benzene rings is 4. The zero-order valence-corrected chi connectivity index (χ0v) is 16.0. The third-order valence-corrected chi connectivity index (χ3v) is 5.32. The zero-order chi connectivity index (χ0) is 19.5. The van der Waals surface area contributed by atoms with Gasteiger partial charge in [-0.3, -0.25) is 0 Å². The maximum atomic E-state index is 6.26. The summed E-state index contributed by atoms with van der Waals surface area (Å²) in [6.07, 6.45) is 0. The molecule has 28 heavy (non-hydrogen) atoms. The smallest absolute Gasteiger partial charge is 0.0393 e. The third kappa shape index (κ3) is 3.49. The minimum Gasteiger partial charge on any atom is -0.398 e. The summed E-state index contributed by atoms with van der Waals surface area (Å²) in [5, 5.41) is 0. The Morgan fingerprint density at radius 2 is 0.929 bits per heavy atom. The van der Waals surface area contributed by atoms with Crippen molar-refractivity contribution in [1.82, 2.24) is 0 Å². The molecule has 0 bridgehead atoms. The van der Waals surface area contributed by atoms with E-state index in [0.29, 0.717) is 0 Å². The average molecular weight is 364 g/mol. The SMILES string of the molecule is CC(c1ccc(N)c(-c2ccccc2)c1)c1ccc(N)c(-c2ccccc2)c1. The summed E-state index contributed by atoms with van der Waals surface area (Å²) in [6.45, 7) is 2.22. The molecule has 0 aliphatic carbocycles. The van der Waals surface area contributed by atoms with Crippen LogP contribution in [0, 0.1) is 0 Å². The van der Waals surface area contributed by atoms with Gasteiger partial charge in [0.1, 0.15) is 0 Å². The van der Waals surface area contributed by atoms with Crippen LogP contribution in [0.25, 0.3) is 22.3 Å². The number of anilines is 2. The Balaban J connectivity index is 1.74. The largest absolute Gasteiger partial charge is 0.398 e. The van der Waals surface area contributed by atoms with Gasteiger partial charge in [0, 0.05) is 28.4 Å². The summed E-state index contributed by atoms with van der Waals surface area (Å²) < 4.78 is 0. The minimum atomic E-state index is 0.228. The van der Waals surface area contributed by atoms with E-state index in [4.69, 9.17) is 11.5 Å². The normalized spacial score (nSPS) is 10.9. The molecule has 138 valence electrons. The molecule has 0 aromatic heterocycles. The van der Waals surface area contributed by atoms with Gasteiger partial charge in [0.25, 0.3) is 0 Å².